The van der Waals surface area contributed by atoms with Crippen LogP contribution in [0, 0.1) is 5.41 Å². The summed E-state index contributed by atoms with van der Waals surface area (Å²) in [7, 11) is 0. The fraction of sp³-hybridized carbons (Fsp3) is 0.789. The lowest BCUT2D eigenvalue weighted by Gasteiger charge is -2.32. The third kappa shape index (κ3) is 3.13. The van der Waals surface area contributed by atoms with Crippen LogP contribution in [-0.4, -0.2) is 0 Å². The molecule has 1 aliphatic heterocycles. The van der Waals surface area contributed by atoms with Crippen LogP contribution in [-0.2, 0) is 0 Å². The van der Waals surface area contributed by atoms with E-state index in [1.807, 2.05) is 0 Å². The minimum Gasteiger partial charge on any atom is -0.257 e. The maximum atomic E-state index is 5.07. The fourth-order valence-corrected chi connectivity index (χ4v) is 4.14. The summed E-state index contributed by atoms with van der Waals surface area (Å²) in [6.45, 7) is 2.49. The van der Waals surface area contributed by atoms with E-state index >= 15 is 0 Å². The molecular formula is C19H30N. The van der Waals surface area contributed by atoms with E-state index in [4.69, 9.17) is 5.32 Å². The zero-order valence-corrected chi connectivity index (χ0v) is 13.2. The lowest BCUT2D eigenvalue weighted by molar-refractivity contribution is 0.287. The Morgan fingerprint density at radius 3 is 2.05 bits per heavy atom. The van der Waals surface area contributed by atoms with Crippen molar-refractivity contribution < 1.29 is 0 Å². The first-order valence-electron chi connectivity index (χ1n) is 8.94. The Morgan fingerprint density at radius 1 is 0.800 bits per heavy atom. The molecule has 1 fully saturated rings. The molecule has 0 bridgehead atoms. The highest BCUT2D eigenvalue weighted by Gasteiger charge is 2.34. The van der Waals surface area contributed by atoms with Gasteiger partial charge in [0.2, 0.25) is 0 Å². The highest BCUT2D eigenvalue weighted by Crippen LogP contribution is 2.44. The van der Waals surface area contributed by atoms with Gasteiger partial charge in [-0.2, -0.15) is 0 Å². The molecule has 20 heavy (non-hydrogen) atoms. The number of hydrogen-bond donors (Lipinski definition) is 0. The van der Waals surface area contributed by atoms with Crippen LogP contribution < -0.4 is 5.32 Å². The molecule has 2 aliphatic carbocycles. The van der Waals surface area contributed by atoms with Gasteiger partial charge in [-0.15, -0.1) is 0 Å². The summed E-state index contributed by atoms with van der Waals surface area (Å²) < 4.78 is 0. The Labute approximate surface area is 124 Å². The smallest absolute Gasteiger partial charge is 0.0469 e. The quantitative estimate of drug-likeness (QED) is 0.568. The van der Waals surface area contributed by atoms with Gasteiger partial charge >= 0.3 is 0 Å². The molecule has 1 nitrogen and oxygen atoms in total. The number of allylic oxidation sites excluding steroid dienone is 4. The summed E-state index contributed by atoms with van der Waals surface area (Å²) >= 11 is 0. The van der Waals surface area contributed by atoms with E-state index in [0.717, 1.165) is 0 Å². The van der Waals surface area contributed by atoms with Crippen molar-refractivity contribution in [1.29, 1.82) is 0 Å². The van der Waals surface area contributed by atoms with Crippen LogP contribution in [0.5, 0.6) is 0 Å². The molecule has 0 amide bonds. The van der Waals surface area contributed by atoms with Gasteiger partial charge < -0.3 is 0 Å². The van der Waals surface area contributed by atoms with Gasteiger partial charge in [-0.05, 0) is 50.2 Å². The molecule has 0 unspecified atom stereocenters. The van der Waals surface area contributed by atoms with E-state index in [1.165, 1.54) is 94.9 Å². The molecule has 111 valence electrons. The summed E-state index contributed by atoms with van der Waals surface area (Å²) in [5.74, 6) is 0. The van der Waals surface area contributed by atoms with Crippen LogP contribution in [0.1, 0.15) is 90.4 Å². The topological polar surface area (TPSA) is 14.1 Å². The standard InChI is InChI=1S/C19H30N/c1-19(13-9-5-3-2-4-6-10-14-19)18-15-16-11-7-8-12-17(16)20-18/h15H,2-14H2,1H3. The van der Waals surface area contributed by atoms with E-state index in [-0.39, 0.29) is 0 Å². The van der Waals surface area contributed by atoms with Gasteiger partial charge in [-0.3, -0.25) is 5.32 Å². The van der Waals surface area contributed by atoms with Crippen LogP contribution in [0.3, 0.4) is 0 Å². The molecule has 1 radical (unpaired) electrons. The molecule has 1 heterocycles. The van der Waals surface area contributed by atoms with Crippen molar-refractivity contribution in [3.8, 4) is 0 Å². The van der Waals surface area contributed by atoms with E-state index in [0.29, 0.717) is 5.41 Å². The van der Waals surface area contributed by atoms with Gasteiger partial charge in [0.25, 0.3) is 0 Å². The van der Waals surface area contributed by atoms with Crippen molar-refractivity contribution >= 4 is 0 Å². The average molecular weight is 272 g/mol. The summed E-state index contributed by atoms with van der Waals surface area (Å²) in [5, 5.41) is 5.07. The molecule has 0 atom stereocenters. The van der Waals surface area contributed by atoms with Gasteiger partial charge in [0, 0.05) is 16.8 Å². The first kappa shape index (κ1) is 14.2. The fourth-order valence-electron chi connectivity index (χ4n) is 4.14. The second kappa shape index (κ2) is 6.37. The minimum absolute atomic E-state index is 0.356. The van der Waals surface area contributed by atoms with Crippen LogP contribution >= 0.6 is 0 Å². The number of nitrogens with zero attached hydrogens (tertiary/aromatic N) is 1. The summed E-state index contributed by atoms with van der Waals surface area (Å²) in [6.07, 6.45) is 20.4. The highest BCUT2D eigenvalue weighted by atomic mass is 14.9. The van der Waals surface area contributed by atoms with Crippen LogP contribution in [0.25, 0.3) is 0 Å². The first-order chi connectivity index (χ1) is 9.78. The molecule has 0 saturated heterocycles. The van der Waals surface area contributed by atoms with Crippen molar-refractivity contribution in [2.75, 3.05) is 0 Å². The molecule has 3 aliphatic rings. The first-order valence-corrected chi connectivity index (χ1v) is 8.94. The molecule has 1 saturated carbocycles. The lowest BCUT2D eigenvalue weighted by Crippen LogP contribution is -2.24. The maximum Gasteiger partial charge on any atom is 0.0469 e. The second-order valence-corrected chi connectivity index (χ2v) is 7.36. The molecule has 0 aromatic rings. The van der Waals surface area contributed by atoms with E-state index in [9.17, 15) is 0 Å². The SMILES string of the molecule is CC1(C2=CC3=C(CCCC3)[N]2)CCCCCCCCC1. The molecule has 3 rings (SSSR count). The van der Waals surface area contributed by atoms with Gasteiger partial charge in [-0.25, -0.2) is 0 Å². The Bertz CT molecular complexity index is 392. The molecular weight excluding hydrogens is 242 g/mol. The Balaban J connectivity index is 1.69. The van der Waals surface area contributed by atoms with Crippen molar-refractivity contribution in [3.63, 3.8) is 0 Å². The van der Waals surface area contributed by atoms with Crippen LogP contribution in [0.2, 0.25) is 0 Å². The van der Waals surface area contributed by atoms with Crippen molar-refractivity contribution in [2.45, 2.75) is 90.4 Å². The zero-order chi connectivity index (χ0) is 13.8. The average Bonchev–Trinajstić information content (AvgIpc) is 2.91. The Kier molecular flexibility index (Phi) is 4.53. The molecule has 1 heteroatoms. The Morgan fingerprint density at radius 2 is 1.40 bits per heavy atom. The van der Waals surface area contributed by atoms with Crippen molar-refractivity contribution in [1.82, 2.24) is 5.32 Å². The monoisotopic (exact) mass is 272 g/mol. The summed E-state index contributed by atoms with van der Waals surface area (Å²) in [6, 6.07) is 0. The third-order valence-electron chi connectivity index (χ3n) is 5.62. The summed E-state index contributed by atoms with van der Waals surface area (Å²) in [5.41, 5.74) is 4.80. The maximum absolute atomic E-state index is 5.07. The van der Waals surface area contributed by atoms with Gasteiger partial charge in [-0.1, -0.05) is 51.9 Å². The van der Waals surface area contributed by atoms with Gasteiger partial charge in [0.15, 0.2) is 0 Å². The zero-order valence-electron chi connectivity index (χ0n) is 13.2. The van der Waals surface area contributed by atoms with Crippen molar-refractivity contribution in [2.24, 2.45) is 5.41 Å². The molecule has 0 spiro atoms. The largest absolute Gasteiger partial charge is 0.257 e. The minimum atomic E-state index is 0.356. The lowest BCUT2D eigenvalue weighted by atomic mass is 9.76. The highest BCUT2D eigenvalue weighted by molar-refractivity contribution is 5.40. The predicted octanol–water partition coefficient (Wildman–Crippen LogP) is 5.85. The molecule has 0 aromatic heterocycles. The van der Waals surface area contributed by atoms with E-state index in [2.05, 4.69) is 13.0 Å². The third-order valence-corrected chi connectivity index (χ3v) is 5.62. The van der Waals surface area contributed by atoms with E-state index in [1.54, 1.807) is 5.57 Å². The van der Waals surface area contributed by atoms with Gasteiger partial charge in [0.1, 0.15) is 0 Å². The molecule has 0 N–H and O–H groups in total. The van der Waals surface area contributed by atoms with Gasteiger partial charge in [0.05, 0.1) is 0 Å². The summed E-state index contributed by atoms with van der Waals surface area (Å²) in [4.78, 5) is 0. The molecule has 0 aromatic carbocycles. The van der Waals surface area contributed by atoms with Crippen LogP contribution in [0.15, 0.2) is 23.0 Å². The van der Waals surface area contributed by atoms with Crippen LogP contribution in [0.4, 0.5) is 0 Å². The Hall–Kier alpha value is -0.720. The number of rotatable bonds is 1. The second-order valence-electron chi connectivity index (χ2n) is 7.36. The number of hydrogen-bond acceptors (Lipinski definition) is 0. The normalized spacial score (nSPS) is 27.6. The van der Waals surface area contributed by atoms with E-state index < -0.39 is 0 Å². The van der Waals surface area contributed by atoms with Crippen molar-refractivity contribution in [3.05, 3.63) is 23.0 Å². The predicted molar refractivity (Wildman–Crippen MR) is 85.4 cm³/mol.